The molecule has 0 aliphatic carbocycles. The Labute approximate surface area is 121 Å². The highest BCUT2D eigenvalue weighted by molar-refractivity contribution is 9.10. The van der Waals surface area contributed by atoms with Gasteiger partial charge in [-0.2, -0.15) is 0 Å². The summed E-state index contributed by atoms with van der Waals surface area (Å²) in [5.74, 6) is -5.34. The first-order chi connectivity index (χ1) is 9.40. The van der Waals surface area contributed by atoms with Crippen molar-refractivity contribution in [2.45, 2.75) is 6.92 Å². The molecule has 0 unspecified atom stereocenters. The second kappa shape index (κ2) is 5.66. The molecule has 20 heavy (non-hydrogen) atoms. The van der Waals surface area contributed by atoms with Gasteiger partial charge in [-0.25, -0.2) is 13.2 Å². The Bertz CT molecular complexity index is 688. The highest BCUT2D eigenvalue weighted by Gasteiger charge is 2.18. The van der Waals surface area contributed by atoms with Crippen LogP contribution in [0, 0.1) is 24.4 Å². The van der Waals surface area contributed by atoms with Crippen molar-refractivity contribution in [1.82, 2.24) is 0 Å². The molecule has 0 bridgehead atoms. The fourth-order valence-electron chi connectivity index (χ4n) is 1.62. The molecule has 6 heteroatoms. The Morgan fingerprint density at radius 2 is 1.80 bits per heavy atom. The van der Waals surface area contributed by atoms with E-state index in [0.29, 0.717) is 11.8 Å². The number of aryl methyl sites for hydroxylation is 1. The second-order valence-corrected chi connectivity index (χ2v) is 5.00. The van der Waals surface area contributed by atoms with Gasteiger partial charge in [0, 0.05) is 10.2 Å². The Hall–Kier alpha value is -1.82. The van der Waals surface area contributed by atoms with Crippen LogP contribution < -0.4 is 5.32 Å². The molecule has 2 aromatic rings. The third kappa shape index (κ3) is 2.85. The number of halogens is 4. The van der Waals surface area contributed by atoms with Gasteiger partial charge in [0.15, 0.2) is 17.5 Å². The lowest BCUT2D eigenvalue weighted by Gasteiger charge is -2.08. The molecule has 0 fully saturated rings. The van der Waals surface area contributed by atoms with Crippen LogP contribution in [0.5, 0.6) is 0 Å². The fourth-order valence-corrected chi connectivity index (χ4v) is 1.87. The minimum absolute atomic E-state index is 0.430. The van der Waals surface area contributed by atoms with Crippen LogP contribution in [0.4, 0.5) is 18.9 Å². The monoisotopic (exact) mass is 343 g/mol. The number of hydrogen-bond acceptors (Lipinski definition) is 1. The lowest BCUT2D eigenvalue weighted by Crippen LogP contribution is -2.15. The maximum Gasteiger partial charge on any atom is 0.258 e. The summed E-state index contributed by atoms with van der Waals surface area (Å²) in [5.41, 5.74) is 0.748. The molecular weight excluding hydrogens is 335 g/mol. The number of benzene rings is 2. The van der Waals surface area contributed by atoms with Crippen molar-refractivity contribution in [3.8, 4) is 0 Å². The zero-order chi connectivity index (χ0) is 14.9. The molecule has 0 atom stereocenters. The predicted molar refractivity (Wildman–Crippen MR) is 73.1 cm³/mol. The molecule has 2 nitrogen and oxygen atoms in total. The molecule has 0 aliphatic heterocycles. The molecule has 0 radical (unpaired) electrons. The molecular formula is C14H9BrF3NO. The summed E-state index contributed by atoms with van der Waals surface area (Å²) in [4.78, 5) is 11.8. The van der Waals surface area contributed by atoms with Gasteiger partial charge in [0.25, 0.3) is 5.91 Å². The van der Waals surface area contributed by atoms with Crippen LogP contribution in [0.1, 0.15) is 15.9 Å². The number of anilines is 1. The SMILES string of the molecule is Cc1cc(NC(=O)c2ccc(F)c(F)c2F)ccc1Br. The Morgan fingerprint density at radius 1 is 1.10 bits per heavy atom. The summed E-state index contributed by atoms with van der Waals surface area (Å²) in [7, 11) is 0. The number of carbonyl (C=O) groups is 1. The van der Waals surface area contributed by atoms with E-state index in [4.69, 9.17) is 0 Å². The van der Waals surface area contributed by atoms with E-state index in [9.17, 15) is 18.0 Å². The third-order valence-corrected chi connectivity index (χ3v) is 3.59. The normalized spacial score (nSPS) is 10.4. The topological polar surface area (TPSA) is 29.1 Å². The second-order valence-electron chi connectivity index (χ2n) is 4.14. The molecule has 1 amide bonds. The van der Waals surface area contributed by atoms with Gasteiger partial charge in [-0.3, -0.25) is 4.79 Å². The zero-order valence-electron chi connectivity index (χ0n) is 10.3. The molecule has 2 aromatic carbocycles. The van der Waals surface area contributed by atoms with Crippen LogP contribution in [-0.4, -0.2) is 5.91 Å². The van der Waals surface area contributed by atoms with E-state index in [-0.39, 0.29) is 0 Å². The molecule has 0 aromatic heterocycles. The fraction of sp³-hybridized carbons (Fsp3) is 0.0714. The molecule has 0 saturated carbocycles. The molecule has 2 rings (SSSR count). The van der Waals surface area contributed by atoms with Gasteiger partial charge < -0.3 is 5.32 Å². The predicted octanol–water partition coefficient (Wildman–Crippen LogP) is 4.43. The third-order valence-electron chi connectivity index (χ3n) is 2.70. The number of hydrogen-bond donors (Lipinski definition) is 1. The van der Waals surface area contributed by atoms with Crippen molar-refractivity contribution in [2.75, 3.05) is 5.32 Å². The minimum Gasteiger partial charge on any atom is -0.322 e. The number of rotatable bonds is 2. The van der Waals surface area contributed by atoms with Crippen molar-refractivity contribution >= 4 is 27.5 Å². The van der Waals surface area contributed by atoms with Gasteiger partial charge in [-0.05, 0) is 42.8 Å². The van der Waals surface area contributed by atoms with E-state index in [0.717, 1.165) is 16.1 Å². The molecule has 0 spiro atoms. The van der Waals surface area contributed by atoms with Crippen LogP contribution in [0.25, 0.3) is 0 Å². The smallest absolute Gasteiger partial charge is 0.258 e. The van der Waals surface area contributed by atoms with Crippen LogP contribution in [-0.2, 0) is 0 Å². The van der Waals surface area contributed by atoms with E-state index in [1.54, 1.807) is 18.2 Å². The van der Waals surface area contributed by atoms with Crippen LogP contribution in [0.2, 0.25) is 0 Å². The number of nitrogens with one attached hydrogen (secondary N) is 1. The van der Waals surface area contributed by atoms with Crippen molar-refractivity contribution < 1.29 is 18.0 Å². The molecule has 104 valence electrons. The summed E-state index contributed by atoms with van der Waals surface area (Å²) < 4.78 is 40.2. The molecule has 1 N–H and O–H groups in total. The quantitative estimate of drug-likeness (QED) is 0.803. The van der Waals surface area contributed by atoms with Crippen LogP contribution in [0.3, 0.4) is 0 Å². The van der Waals surface area contributed by atoms with Gasteiger partial charge in [0.2, 0.25) is 0 Å². The minimum atomic E-state index is -1.66. The van der Waals surface area contributed by atoms with Gasteiger partial charge in [0.1, 0.15) is 0 Å². The highest BCUT2D eigenvalue weighted by Crippen LogP contribution is 2.21. The number of amides is 1. The van der Waals surface area contributed by atoms with Gasteiger partial charge in [0.05, 0.1) is 5.56 Å². The summed E-state index contributed by atoms with van der Waals surface area (Å²) in [6.07, 6.45) is 0. The van der Waals surface area contributed by atoms with Gasteiger partial charge in [-0.15, -0.1) is 0 Å². The van der Waals surface area contributed by atoms with Crippen molar-refractivity contribution in [2.24, 2.45) is 0 Å². The first-order valence-corrected chi connectivity index (χ1v) is 6.40. The Kier molecular flexibility index (Phi) is 4.13. The number of carbonyl (C=O) groups excluding carboxylic acids is 1. The van der Waals surface area contributed by atoms with Crippen molar-refractivity contribution in [3.63, 3.8) is 0 Å². The highest BCUT2D eigenvalue weighted by atomic mass is 79.9. The van der Waals surface area contributed by atoms with E-state index < -0.39 is 28.9 Å². The average molecular weight is 344 g/mol. The lowest BCUT2D eigenvalue weighted by molar-refractivity contribution is 0.102. The Morgan fingerprint density at radius 3 is 2.45 bits per heavy atom. The van der Waals surface area contributed by atoms with Crippen LogP contribution in [0.15, 0.2) is 34.8 Å². The van der Waals surface area contributed by atoms with Crippen molar-refractivity contribution in [3.05, 3.63) is 63.4 Å². The first-order valence-electron chi connectivity index (χ1n) is 5.61. The zero-order valence-corrected chi connectivity index (χ0v) is 11.9. The summed E-state index contributed by atoms with van der Waals surface area (Å²) in [6, 6.07) is 6.59. The summed E-state index contributed by atoms with van der Waals surface area (Å²) in [6.45, 7) is 1.82. The standard InChI is InChI=1S/C14H9BrF3NO/c1-7-6-8(2-4-10(7)15)19-14(20)9-3-5-11(16)13(18)12(9)17/h2-6H,1H3,(H,19,20). The average Bonchev–Trinajstić information content (AvgIpc) is 2.40. The van der Waals surface area contributed by atoms with E-state index in [1.807, 2.05) is 6.92 Å². The van der Waals surface area contributed by atoms with E-state index in [1.165, 1.54) is 0 Å². The summed E-state index contributed by atoms with van der Waals surface area (Å²) in [5, 5.41) is 2.42. The molecule has 0 aliphatic rings. The molecule has 0 heterocycles. The summed E-state index contributed by atoms with van der Waals surface area (Å²) >= 11 is 3.31. The maximum atomic E-state index is 13.5. The largest absolute Gasteiger partial charge is 0.322 e. The van der Waals surface area contributed by atoms with Gasteiger partial charge >= 0.3 is 0 Å². The van der Waals surface area contributed by atoms with E-state index >= 15 is 0 Å². The van der Waals surface area contributed by atoms with Gasteiger partial charge in [-0.1, -0.05) is 15.9 Å². The maximum absolute atomic E-state index is 13.5. The van der Waals surface area contributed by atoms with Crippen LogP contribution >= 0.6 is 15.9 Å². The van der Waals surface area contributed by atoms with E-state index in [2.05, 4.69) is 21.2 Å². The molecule has 0 saturated heterocycles. The first kappa shape index (κ1) is 14.6. The Balaban J connectivity index is 2.28. The lowest BCUT2D eigenvalue weighted by atomic mass is 10.1. The van der Waals surface area contributed by atoms with Crippen molar-refractivity contribution in [1.29, 1.82) is 0 Å².